The molecule has 0 fully saturated rings. The molecule has 0 aliphatic rings. The normalized spacial score (nSPS) is 12.2. The van der Waals surface area contributed by atoms with Crippen molar-refractivity contribution in [1.29, 1.82) is 0 Å². The van der Waals surface area contributed by atoms with Crippen molar-refractivity contribution in [2.75, 3.05) is 24.2 Å². The molecule has 1 atom stereocenters. The molecule has 2 rings (SSSR count). The molecule has 2 amide bonds. The molecule has 0 aliphatic heterocycles. The third-order valence-electron chi connectivity index (χ3n) is 4.50. The van der Waals surface area contributed by atoms with Gasteiger partial charge < -0.3 is 10.6 Å². The third-order valence-corrected chi connectivity index (χ3v) is 4.50. The monoisotopic (exact) mass is 397 g/mol. The maximum Gasteiger partial charge on any atom is 0.241 e. The zero-order chi connectivity index (χ0) is 21.2. The smallest absolute Gasteiger partial charge is 0.241 e. The number of aryl methyl sites for hydroxylation is 2. The number of nitrogens with one attached hydrogen (secondary N) is 2. The van der Waals surface area contributed by atoms with Gasteiger partial charge in [0.1, 0.15) is 0 Å². The average molecular weight is 397 g/mol. The van der Waals surface area contributed by atoms with E-state index in [4.69, 9.17) is 0 Å². The first kappa shape index (κ1) is 21.4. The minimum atomic E-state index is -1.67. The second-order valence-corrected chi connectivity index (χ2v) is 6.52. The van der Waals surface area contributed by atoms with Crippen LogP contribution in [-0.2, 0) is 16.6 Å². The topological polar surface area (TPSA) is 79.3 Å². The van der Waals surface area contributed by atoms with Gasteiger partial charge in [-0.15, -0.1) is 0 Å². The summed E-state index contributed by atoms with van der Waals surface area (Å²) in [6, 6.07) is 0.946. The van der Waals surface area contributed by atoms with Crippen molar-refractivity contribution in [2.45, 2.75) is 26.8 Å². The minimum Gasteiger partial charge on any atom is -0.322 e. The zero-order valence-corrected chi connectivity index (χ0v) is 16.2. The van der Waals surface area contributed by atoms with E-state index in [0.29, 0.717) is 17.4 Å². The summed E-state index contributed by atoms with van der Waals surface area (Å²) in [7, 11) is 3.30. The number of carbonyl (C=O) groups excluding carboxylic acids is 2. The predicted octanol–water partition coefficient (Wildman–Crippen LogP) is 2.35. The number of amides is 2. The molecule has 2 N–H and O–H groups in total. The molecule has 28 heavy (non-hydrogen) atoms. The van der Waals surface area contributed by atoms with Gasteiger partial charge >= 0.3 is 0 Å². The van der Waals surface area contributed by atoms with Crippen LogP contribution in [0.2, 0.25) is 0 Å². The molecule has 0 saturated heterocycles. The maximum absolute atomic E-state index is 13.7. The maximum atomic E-state index is 13.7. The van der Waals surface area contributed by atoms with Gasteiger partial charge in [0.05, 0.1) is 35.3 Å². The first-order chi connectivity index (χ1) is 13.0. The fraction of sp³-hybridized carbons (Fsp3) is 0.389. The van der Waals surface area contributed by atoms with E-state index in [0.717, 1.165) is 11.8 Å². The van der Waals surface area contributed by atoms with Crippen molar-refractivity contribution in [1.82, 2.24) is 14.7 Å². The molecule has 0 radical (unpaired) electrons. The van der Waals surface area contributed by atoms with E-state index < -0.39 is 35.1 Å². The van der Waals surface area contributed by atoms with Crippen LogP contribution in [0.25, 0.3) is 0 Å². The number of nitrogens with zero attached hydrogens (tertiary/aromatic N) is 3. The lowest BCUT2D eigenvalue weighted by atomic mass is 10.2. The molecule has 152 valence electrons. The summed E-state index contributed by atoms with van der Waals surface area (Å²) in [5.74, 6) is -5.53. The number of benzene rings is 1. The summed E-state index contributed by atoms with van der Waals surface area (Å²) in [5, 5.41) is 9.16. The van der Waals surface area contributed by atoms with Crippen LogP contribution in [0.1, 0.15) is 18.3 Å². The van der Waals surface area contributed by atoms with Gasteiger partial charge in [-0.2, -0.15) is 5.10 Å². The Morgan fingerprint density at radius 2 is 1.82 bits per heavy atom. The van der Waals surface area contributed by atoms with Gasteiger partial charge in [0, 0.05) is 7.05 Å². The lowest BCUT2D eigenvalue weighted by molar-refractivity contribution is -0.122. The molecular formula is C18H22F3N5O2. The molecular weight excluding hydrogens is 375 g/mol. The van der Waals surface area contributed by atoms with Crippen molar-refractivity contribution in [3.8, 4) is 0 Å². The van der Waals surface area contributed by atoms with Crippen LogP contribution in [-0.4, -0.2) is 46.1 Å². The number of halogens is 3. The highest BCUT2D eigenvalue weighted by molar-refractivity contribution is 5.97. The molecule has 2 aromatic rings. The van der Waals surface area contributed by atoms with Crippen molar-refractivity contribution in [2.24, 2.45) is 7.05 Å². The summed E-state index contributed by atoms with van der Waals surface area (Å²) < 4.78 is 41.5. The van der Waals surface area contributed by atoms with E-state index >= 15 is 0 Å². The number of likely N-dealkylation sites (N-methyl/N-ethyl adjacent to an activating group) is 1. The Hall–Kier alpha value is -2.88. The van der Waals surface area contributed by atoms with Crippen LogP contribution >= 0.6 is 0 Å². The molecule has 0 unspecified atom stereocenters. The Balaban J connectivity index is 1.99. The van der Waals surface area contributed by atoms with E-state index in [1.807, 2.05) is 6.92 Å². The van der Waals surface area contributed by atoms with Crippen LogP contribution < -0.4 is 10.6 Å². The molecule has 0 aliphatic carbocycles. The quantitative estimate of drug-likeness (QED) is 0.734. The third kappa shape index (κ3) is 4.50. The second kappa shape index (κ2) is 8.42. The summed E-state index contributed by atoms with van der Waals surface area (Å²) in [4.78, 5) is 26.0. The van der Waals surface area contributed by atoms with Crippen molar-refractivity contribution in [3.05, 3.63) is 41.0 Å². The molecule has 7 nitrogen and oxygen atoms in total. The first-order valence-corrected chi connectivity index (χ1v) is 8.47. The molecule has 1 heterocycles. The summed E-state index contributed by atoms with van der Waals surface area (Å²) in [6.45, 7) is 4.91. The van der Waals surface area contributed by atoms with E-state index in [2.05, 4.69) is 15.7 Å². The highest BCUT2D eigenvalue weighted by Gasteiger charge is 2.23. The number of carbonyl (C=O) groups is 2. The lowest BCUT2D eigenvalue weighted by Gasteiger charge is -2.23. The van der Waals surface area contributed by atoms with E-state index in [9.17, 15) is 22.8 Å². The van der Waals surface area contributed by atoms with Crippen LogP contribution in [0.4, 0.5) is 24.5 Å². The Morgan fingerprint density at radius 1 is 1.18 bits per heavy atom. The zero-order valence-electron chi connectivity index (χ0n) is 16.2. The van der Waals surface area contributed by atoms with Gasteiger partial charge in [-0.25, -0.2) is 13.2 Å². The first-order valence-electron chi connectivity index (χ1n) is 8.47. The summed E-state index contributed by atoms with van der Waals surface area (Å²) >= 11 is 0. The largest absolute Gasteiger partial charge is 0.322 e. The second-order valence-electron chi connectivity index (χ2n) is 6.52. The molecule has 10 heteroatoms. The number of rotatable bonds is 6. The molecule has 0 saturated carbocycles. The van der Waals surface area contributed by atoms with E-state index in [1.165, 1.54) is 11.9 Å². The van der Waals surface area contributed by atoms with Crippen molar-refractivity contribution in [3.63, 3.8) is 0 Å². The van der Waals surface area contributed by atoms with Crippen molar-refractivity contribution < 1.29 is 22.8 Å². The van der Waals surface area contributed by atoms with Crippen LogP contribution in [0.3, 0.4) is 0 Å². The number of aromatic nitrogens is 2. The van der Waals surface area contributed by atoms with Crippen LogP contribution in [0.15, 0.2) is 12.1 Å². The SMILES string of the molecule is Cc1nn(C)c(C)c1NC(=O)[C@H](C)N(C)CC(=O)Nc1ccc(F)c(F)c1F. The van der Waals surface area contributed by atoms with Gasteiger partial charge in [0.15, 0.2) is 17.5 Å². The van der Waals surface area contributed by atoms with Gasteiger partial charge in [0.2, 0.25) is 11.8 Å². The molecule has 0 spiro atoms. The summed E-state index contributed by atoms with van der Waals surface area (Å²) in [6.07, 6.45) is 0. The Kier molecular flexibility index (Phi) is 6.45. The molecule has 1 aromatic carbocycles. The standard InChI is InChI=1S/C18H22F3N5O2/c1-9-17(10(2)26(5)24-9)23-18(28)11(3)25(4)8-14(27)22-13-7-6-12(19)15(20)16(13)21/h6-7,11H,8H2,1-5H3,(H,22,27)(H,23,28)/t11-/m0/s1. The number of hydrogen-bond acceptors (Lipinski definition) is 4. The van der Waals surface area contributed by atoms with Gasteiger partial charge in [-0.3, -0.25) is 19.2 Å². The lowest BCUT2D eigenvalue weighted by Crippen LogP contribution is -2.43. The summed E-state index contributed by atoms with van der Waals surface area (Å²) in [5.41, 5.74) is 1.57. The highest BCUT2D eigenvalue weighted by atomic mass is 19.2. The highest BCUT2D eigenvalue weighted by Crippen LogP contribution is 2.20. The van der Waals surface area contributed by atoms with Crippen LogP contribution in [0.5, 0.6) is 0 Å². The van der Waals surface area contributed by atoms with E-state index in [-0.39, 0.29) is 12.5 Å². The van der Waals surface area contributed by atoms with Gasteiger partial charge in [-0.05, 0) is 40.0 Å². The van der Waals surface area contributed by atoms with Crippen molar-refractivity contribution >= 4 is 23.2 Å². The fourth-order valence-electron chi connectivity index (χ4n) is 2.56. The fourth-order valence-corrected chi connectivity index (χ4v) is 2.56. The van der Waals surface area contributed by atoms with Gasteiger partial charge in [-0.1, -0.05) is 0 Å². The van der Waals surface area contributed by atoms with E-state index in [1.54, 1.807) is 25.6 Å². The minimum absolute atomic E-state index is 0.266. The molecule has 0 bridgehead atoms. The Morgan fingerprint density at radius 3 is 2.39 bits per heavy atom. The number of hydrogen-bond donors (Lipinski definition) is 2. The Labute approximate surface area is 160 Å². The molecule has 1 aromatic heterocycles. The van der Waals surface area contributed by atoms with Gasteiger partial charge in [0.25, 0.3) is 0 Å². The average Bonchev–Trinajstić information content (AvgIpc) is 2.87. The van der Waals surface area contributed by atoms with Crippen LogP contribution in [0, 0.1) is 31.3 Å². The predicted molar refractivity (Wildman–Crippen MR) is 98.3 cm³/mol. The number of anilines is 2. The Bertz CT molecular complexity index is 913.